The summed E-state index contributed by atoms with van der Waals surface area (Å²) in [5.41, 5.74) is 1.18. The van der Waals surface area contributed by atoms with Crippen LogP contribution >= 0.6 is 0 Å². The van der Waals surface area contributed by atoms with Crippen LogP contribution in [0.3, 0.4) is 0 Å². The molecule has 118 valence electrons. The summed E-state index contributed by atoms with van der Waals surface area (Å²) in [6, 6.07) is 8.02. The van der Waals surface area contributed by atoms with E-state index in [1.807, 2.05) is 18.2 Å². The molecule has 2 amide bonds. The van der Waals surface area contributed by atoms with E-state index >= 15 is 0 Å². The zero-order chi connectivity index (χ0) is 15.4. The number of fused-ring (bicyclic) bond motifs is 1. The molecule has 1 aromatic rings. The lowest BCUT2D eigenvalue weighted by Gasteiger charge is -2.16. The van der Waals surface area contributed by atoms with E-state index in [2.05, 4.69) is 11.4 Å². The number of carbonyl (C=O) groups is 2. The molecule has 2 heterocycles. The van der Waals surface area contributed by atoms with Gasteiger partial charge in [-0.25, -0.2) is 4.79 Å². The maximum Gasteiger partial charge on any atom is 0.410 e. The SMILES string of the molecule is O=C(CN1CCOC1=O)NC[C@@H]1CCOc2ccccc2C1. The fourth-order valence-corrected chi connectivity index (χ4v) is 2.79. The Labute approximate surface area is 129 Å². The van der Waals surface area contributed by atoms with Crippen molar-refractivity contribution < 1.29 is 19.1 Å². The summed E-state index contributed by atoms with van der Waals surface area (Å²) in [5, 5.41) is 2.91. The minimum Gasteiger partial charge on any atom is -0.493 e. The molecular formula is C16H20N2O4. The Bertz CT molecular complexity index is 561. The quantitative estimate of drug-likeness (QED) is 0.907. The van der Waals surface area contributed by atoms with Crippen LogP contribution in [0.25, 0.3) is 0 Å². The number of benzene rings is 1. The van der Waals surface area contributed by atoms with Crippen LogP contribution in [0.1, 0.15) is 12.0 Å². The normalized spacial score (nSPS) is 20.6. The maximum atomic E-state index is 11.9. The molecule has 2 aliphatic heterocycles. The summed E-state index contributed by atoms with van der Waals surface area (Å²) in [6.07, 6.45) is 1.38. The molecule has 0 radical (unpaired) electrons. The number of carbonyl (C=O) groups excluding carboxylic acids is 2. The minimum atomic E-state index is -0.410. The third-order valence-electron chi connectivity index (χ3n) is 4.03. The average molecular weight is 304 g/mol. The second-order valence-corrected chi connectivity index (χ2v) is 5.66. The number of rotatable bonds is 4. The summed E-state index contributed by atoms with van der Waals surface area (Å²) in [5.74, 6) is 1.14. The van der Waals surface area contributed by atoms with Crippen molar-refractivity contribution in [2.24, 2.45) is 5.92 Å². The first-order valence-electron chi connectivity index (χ1n) is 7.61. The fraction of sp³-hybridized carbons (Fsp3) is 0.500. The molecule has 2 aliphatic rings. The summed E-state index contributed by atoms with van der Waals surface area (Å²) in [7, 11) is 0. The smallest absolute Gasteiger partial charge is 0.410 e. The number of cyclic esters (lactones) is 1. The van der Waals surface area contributed by atoms with Gasteiger partial charge in [-0.1, -0.05) is 18.2 Å². The highest BCUT2D eigenvalue weighted by Crippen LogP contribution is 2.26. The number of amides is 2. The van der Waals surface area contributed by atoms with Crippen LogP contribution in [0.4, 0.5) is 4.79 Å². The highest BCUT2D eigenvalue weighted by molar-refractivity contribution is 5.82. The van der Waals surface area contributed by atoms with Crippen molar-refractivity contribution in [3.05, 3.63) is 29.8 Å². The van der Waals surface area contributed by atoms with Crippen LogP contribution in [0, 0.1) is 5.92 Å². The molecule has 0 aromatic heterocycles. The van der Waals surface area contributed by atoms with Gasteiger partial charge in [0.05, 0.1) is 13.2 Å². The van der Waals surface area contributed by atoms with Gasteiger partial charge >= 0.3 is 6.09 Å². The minimum absolute atomic E-state index is 0.0681. The molecule has 6 nitrogen and oxygen atoms in total. The summed E-state index contributed by atoms with van der Waals surface area (Å²) < 4.78 is 10.5. The molecule has 3 rings (SSSR count). The summed E-state index contributed by atoms with van der Waals surface area (Å²) in [6.45, 7) is 2.17. The van der Waals surface area contributed by atoms with Crippen LogP contribution in [0.5, 0.6) is 5.75 Å². The third kappa shape index (κ3) is 3.50. The van der Waals surface area contributed by atoms with Gasteiger partial charge < -0.3 is 14.8 Å². The lowest BCUT2D eigenvalue weighted by molar-refractivity contribution is -0.121. The molecule has 1 atom stereocenters. The third-order valence-corrected chi connectivity index (χ3v) is 4.03. The van der Waals surface area contributed by atoms with E-state index < -0.39 is 6.09 Å². The van der Waals surface area contributed by atoms with Crippen LogP contribution in [-0.2, 0) is 16.0 Å². The van der Waals surface area contributed by atoms with Crippen molar-refractivity contribution in [2.75, 3.05) is 32.8 Å². The molecule has 0 aliphatic carbocycles. The topological polar surface area (TPSA) is 67.9 Å². The van der Waals surface area contributed by atoms with Crippen molar-refractivity contribution in [1.82, 2.24) is 10.2 Å². The first-order chi connectivity index (χ1) is 10.7. The first kappa shape index (κ1) is 14.7. The molecule has 6 heteroatoms. The number of nitrogens with zero attached hydrogens (tertiary/aromatic N) is 1. The van der Waals surface area contributed by atoms with Gasteiger partial charge in [-0.05, 0) is 30.4 Å². The van der Waals surface area contributed by atoms with E-state index in [9.17, 15) is 9.59 Å². The van der Waals surface area contributed by atoms with Crippen molar-refractivity contribution >= 4 is 12.0 Å². The number of hydrogen-bond acceptors (Lipinski definition) is 4. The van der Waals surface area contributed by atoms with E-state index in [0.29, 0.717) is 32.2 Å². The lowest BCUT2D eigenvalue weighted by atomic mass is 9.97. The van der Waals surface area contributed by atoms with Gasteiger partial charge in [0.15, 0.2) is 0 Å². The van der Waals surface area contributed by atoms with Crippen LogP contribution in [0.2, 0.25) is 0 Å². The Kier molecular flexibility index (Phi) is 4.46. The standard InChI is InChI=1S/C16H20N2O4/c19-15(11-18-6-8-22-16(18)20)17-10-12-5-7-21-14-4-2-1-3-13(14)9-12/h1-4,12H,5-11H2,(H,17,19)/t12-/m1/s1. The molecule has 1 saturated heterocycles. The Balaban J connectivity index is 1.49. The second-order valence-electron chi connectivity index (χ2n) is 5.66. The molecule has 0 unspecified atom stereocenters. The molecule has 1 aromatic carbocycles. The Morgan fingerprint density at radius 3 is 2.95 bits per heavy atom. The number of ether oxygens (including phenoxy) is 2. The van der Waals surface area contributed by atoms with Gasteiger partial charge in [0, 0.05) is 6.54 Å². The highest BCUT2D eigenvalue weighted by Gasteiger charge is 2.24. The molecule has 1 fully saturated rings. The van der Waals surface area contributed by atoms with Gasteiger partial charge in [-0.2, -0.15) is 0 Å². The summed E-state index contributed by atoms with van der Waals surface area (Å²) in [4.78, 5) is 24.7. The fourth-order valence-electron chi connectivity index (χ4n) is 2.79. The van der Waals surface area contributed by atoms with Gasteiger partial charge in [0.2, 0.25) is 5.91 Å². The predicted molar refractivity (Wildman–Crippen MR) is 79.7 cm³/mol. The average Bonchev–Trinajstić information content (AvgIpc) is 2.81. The number of para-hydroxylation sites is 1. The van der Waals surface area contributed by atoms with Gasteiger partial charge in [-0.15, -0.1) is 0 Å². The largest absolute Gasteiger partial charge is 0.493 e. The summed E-state index contributed by atoms with van der Waals surface area (Å²) >= 11 is 0. The van der Waals surface area contributed by atoms with E-state index in [-0.39, 0.29) is 12.5 Å². The molecule has 1 N–H and O–H groups in total. The van der Waals surface area contributed by atoms with E-state index in [1.165, 1.54) is 10.5 Å². The maximum absolute atomic E-state index is 11.9. The molecule has 0 bridgehead atoms. The monoisotopic (exact) mass is 304 g/mol. The van der Waals surface area contributed by atoms with E-state index in [1.54, 1.807) is 0 Å². The highest BCUT2D eigenvalue weighted by atomic mass is 16.6. The van der Waals surface area contributed by atoms with Gasteiger partial charge in [-0.3, -0.25) is 9.69 Å². The Morgan fingerprint density at radius 1 is 1.27 bits per heavy atom. The van der Waals surface area contributed by atoms with Crippen molar-refractivity contribution in [1.29, 1.82) is 0 Å². The van der Waals surface area contributed by atoms with Crippen LogP contribution in [0.15, 0.2) is 24.3 Å². The predicted octanol–water partition coefficient (Wildman–Crippen LogP) is 1.20. The molecular weight excluding hydrogens is 284 g/mol. The Hall–Kier alpha value is -2.24. The Morgan fingerprint density at radius 2 is 2.14 bits per heavy atom. The molecule has 0 spiro atoms. The second kappa shape index (κ2) is 6.68. The lowest BCUT2D eigenvalue weighted by Crippen LogP contribution is -2.39. The first-order valence-corrected chi connectivity index (χ1v) is 7.61. The van der Waals surface area contributed by atoms with E-state index in [4.69, 9.17) is 9.47 Å². The molecule has 22 heavy (non-hydrogen) atoms. The molecule has 0 saturated carbocycles. The van der Waals surface area contributed by atoms with Crippen molar-refractivity contribution in [3.63, 3.8) is 0 Å². The van der Waals surface area contributed by atoms with Crippen LogP contribution in [-0.4, -0.2) is 49.7 Å². The van der Waals surface area contributed by atoms with Gasteiger partial charge in [0.25, 0.3) is 0 Å². The van der Waals surface area contributed by atoms with E-state index in [0.717, 1.165) is 18.6 Å². The van der Waals surface area contributed by atoms with Gasteiger partial charge in [0.1, 0.15) is 18.9 Å². The van der Waals surface area contributed by atoms with Crippen LogP contribution < -0.4 is 10.1 Å². The zero-order valence-electron chi connectivity index (χ0n) is 12.4. The number of hydrogen-bond donors (Lipinski definition) is 1. The number of nitrogens with one attached hydrogen (secondary N) is 1. The van der Waals surface area contributed by atoms with Crippen molar-refractivity contribution in [2.45, 2.75) is 12.8 Å². The van der Waals surface area contributed by atoms with Crippen molar-refractivity contribution in [3.8, 4) is 5.75 Å². The zero-order valence-corrected chi connectivity index (χ0v) is 12.4.